The molecule has 1 aromatic rings. The Kier molecular flexibility index (Phi) is 4.06. The van der Waals surface area contributed by atoms with Crippen LogP contribution in [0.3, 0.4) is 0 Å². The lowest BCUT2D eigenvalue weighted by Crippen LogP contribution is -2.44. The second-order valence-corrected chi connectivity index (χ2v) is 6.18. The average Bonchev–Trinajstić information content (AvgIpc) is 3.33. The maximum Gasteiger partial charge on any atom is 0.226 e. The van der Waals surface area contributed by atoms with E-state index in [4.69, 9.17) is 0 Å². The average molecular weight is 272 g/mol. The van der Waals surface area contributed by atoms with Crippen LogP contribution in [-0.2, 0) is 11.2 Å². The second kappa shape index (κ2) is 5.96. The fourth-order valence-corrected chi connectivity index (χ4v) is 3.02. The number of piperidine rings is 1. The van der Waals surface area contributed by atoms with Crippen molar-refractivity contribution in [3.05, 3.63) is 35.4 Å². The zero-order chi connectivity index (χ0) is 13.9. The highest BCUT2D eigenvalue weighted by Crippen LogP contribution is 2.39. The molecule has 0 atom stereocenters. The summed E-state index contributed by atoms with van der Waals surface area (Å²) in [5.74, 6) is 1.04. The van der Waals surface area contributed by atoms with E-state index in [0.717, 1.165) is 37.4 Å². The molecular formula is C17H24N2O. The minimum Gasteiger partial charge on any atom is -0.342 e. The Morgan fingerprint density at radius 3 is 2.40 bits per heavy atom. The molecule has 1 heterocycles. The zero-order valence-electron chi connectivity index (χ0n) is 12.3. The van der Waals surface area contributed by atoms with Crippen LogP contribution < -0.4 is 5.32 Å². The van der Waals surface area contributed by atoms with Gasteiger partial charge in [-0.1, -0.05) is 24.3 Å². The Bertz CT molecular complexity index is 458. The summed E-state index contributed by atoms with van der Waals surface area (Å²) in [5, 5.41) is 3.34. The van der Waals surface area contributed by atoms with Crippen molar-refractivity contribution in [1.29, 1.82) is 0 Å². The fourth-order valence-electron chi connectivity index (χ4n) is 3.02. The zero-order valence-corrected chi connectivity index (χ0v) is 12.3. The Balaban J connectivity index is 1.56. The van der Waals surface area contributed by atoms with E-state index in [1.54, 1.807) is 0 Å². The number of rotatable bonds is 4. The van der Waals surface area contributed by atoms with Gasteiger partial charge in [0.25, 0.3) is 0 Å². The molecule has 0 radical (unpaired) electrons. The maximum absolute atomic E-state index is 12.3. The molecule has 0 bridgehead atoms. The molecule has 3 heteroatoms. The fraction of sp³-hybridized carbons (Fsp3) is 0.588. The van der Waals surface area contributed by atoms with Gasteiger partial charge in [-0.15, -0.1) is 0 Å². The van der Waals surface area contributed by atoms with Crippen molar-refractivity contribution >= 4 is 5.91 Å². The molecule has 1 aromatic carbocycles. The first kappa shape index (κ1) is 13.6. The number of hydrogen-bond donors (Lipinski definition) is 1. The van der Waals surface area contributed by atoms with E-state index in [1.807, 2.05) is 11.9 Å². The number of likely N-dealkylation sites (N-methyl/N-ethyl adjacent to an activating group) is 1. The van der Waals surface area contributed by atoms with Gasteiger partial charge >= 0.3 is 0 Å². The van der Waals surface area contributed by atoms with Gasteiger partial charge in [-0.05, 0) is 55.8 Å². The summed E-state index contributed by atoms with van der Waals surface area (Å²) in [5.41, 5.74) is 2.58. The first-order valence-corrected chi connectivity index (χ1v) is 7.79. The maximum atomic E-state index is 12.3. The molecule has 1 saturated carbocycles. The number of amides is 1. The Labute approximate surface area is 121 Å². The van der Waals surface area contributed by atoms with Crippen LogP contribution in [0.2, 0.25) is 0 Å². The largest absolute Gasteiger partial charge is 0.342 e. The summed E-state index contributed by atoms with van der Waals surface area (Å²) in [7, 11) is 1.96. The van der Waals surface area contributed by atoms with Crippen LogP contribution >= 0.6 is 0 Å². The number of hydrogen-bond acceptors (Lipinski definition) is 2. The van der Waals surface area contributed by atoms with E-state index < -0.39 is 0 Å². The van der Waals surface area contributed by atoms with E-state index >= 15 is 0 Å². The van der Waals surface area contributed by atoms with Crippen molar-refractivity contribution in [2.75, 3.05) is 20.1 Å². The molecule has 0 unspecified atom stereocenters. The number of nitrogens with zero attached hydrogens (tertiary/aromatic N) is 1. The van der Waals surface area contributed by atoms with Crippen molar-refractivity contribution in [3.63, 3.8) is 0 Å². The van der Waals surface area contributed by atoms with Gasteiger partial charge < -0.3 is 10.2 Å². The topological polar surface area (TPSA) is 32.3 Å². The van der Waals surface area contributed by atoms with Gasteiger partial charge in [-0.25, -0.2) is 0 Å². The Morgan fingerprint density at radius 2 is 1.80 bits per heavy atom. The molecule has 1 amide bonds. The summed E-state index contributed by atoms with van der Waals surface area (Å²) in [6.45, 7) is 2.05. The monoisotopic (exact) mass is 272 g/mol. The third-order valence-corrected chi connectivity index (χ3v) is 4.63. The number of nitrogens with one attached hydrogen (secondary N) is 1. The lowest BCUT2D eigenvalue weighted by atomic mass is 10.0. The smallest absolute Gasteiger partial charge is 0.226 e. The van der Waals surface area contributed by atoms with E-state index in [2.05, 4.69) is 29.6 Å². The third-order valence-electron chi connectivity index (χ3n) is 4.63. The standard InChI is InChI=1S/C17H24N2O/c1-19(16-8-10-18-11-9-16)17(20)12-13-2-4-14(5-3-13)15-6-7-15/h2-5,15-16,18H,6-12H2,1H3. The molecule has 2 aliphatic rings. The predicted octanol–water partition coefficient (Wildman–Crippen LogP) is 2.32. The highest BCUT2D eigenvalue weighted by molar-refractivity contribution is 5.78. The van der Waals surface area contributed by atoms with Crippen molar-refractivity contribution in [3.8, 4) is 0 Å². The molecule has 1 saturated heterocycles. The minimum atomic E-state index is 0.246. The van der Waals surface area contributed by atoms with Gasteiger partial charge in [0.05, 0.1) is 6.42 Å². The summed E-state index contributed by atoms with van der Waals surface area (Å²) < 4.78 is 0. The SMILES string of the molecule is CN(C(=O)Cc1ccc(C2CC2)cc1)C1CCNCC1. The second-order valence-electron chi connectivity index (χ2n) is 6.18. The number of benzene rings is 1. The normalized spacial score (nSPS) is 19.9. The summed E-state index contributed by atoms with van der Waals surface area (Å²) in [4.78, 5) is 14.3. The Hall–Kier alpha value is -1.35. The predicted molar refractivity (Wildman–Crippen MR) is 80.8 cm³/mol. The van der Waals surface area contributed by atoms with Crippen LogP contribution in [0.15, 0.2) is 24.3 Å². The van der Waals surface area contributed by atoms with Gasteiger partial charge in [0.15, 0.2) is 0 Å². The molecule has 0 aromatic heterocycles. The molecule has 20 heavy (non-hydrogen) atoms. The van der Waals surface area contributed by atoms with Crippen LogP contribution in [0.5, 0.6) is 0 Å². The first-order chi connectivity index (χ1) is 9.74. The van der Waals surface area contributed by atoms with Gasteiger partial charge in [0, 0.05) is 13.1 Å². The lowest BCUT2D eigenvalue weighted by molar-refractivity contribution is -0.131. The van der Waals surface area contributed by atoms with E-state index in [0.29, 0.717) is 12.5 Å². The summed E-state index contributed by atoms with van der Waals surface area (Å²) in [6, 6.07) is 9.06. The van der Waals surface area contributed by atoms with Crippen molar-refractivity contribution in [2.24, 2.45) is 0 Å². The molecule has 2 fully saturated rings. The number of carbonyl (C=O) groups is 1. The van der Waals surface area contributed by atoms with Gasteiger partial charge in [0.1, 0.15) is 0 Å². The molecular weight excluding hydrogens is 248 g/mol. The molecule has 3 rings (SSSR count). The molecule has 1 aliphatic heterocycles. The third kappa shape index (κ3) is 3.21. The number of carbonyl (C=O) groups excluding carboxylic acids is 1. The van der Waals surface area contributed by atoms with Gasteiger partial charge in [0.2, 0.25) is 5.91 Å². The van der Waals surface area contributed by atoms with Crippen LogP contribution in [0.1, 0.15) is 42.7 Å². The van der Waals surface area contributed by atoms with E-state index in [1.165, 1.54) is 18.4 Å². The highest BCUT2D eigenvalue weighted by atomic mass is 16.2. The van der Waals surface area contributed by atoms with E-state index in [-0.39, 0.29) is 5.91 Å². The van der Waals surface area contributed by atoms with Gasteiger partial charge in [-0.3, -0.25) is 4.79 Å². The van der Waals surface area contributed by atoms with Crippen molar-refractivity contribution in [2.45, 2.75) is 44.1 Å². The molecule has 1 aliphatic carbocycles. The first-order valence-electron chi connectivity index (χ1n) is 7.79. The van der Waals surface area contributed by atoms with E-state index in [9.17, 15) is 4.79 Å². The molecule has 3 nitrogen and oxygen atoms in total. The molecule has 1 N–H and O–H groups in total. The van der Waals surface area contributed by atoms with Crippen molar-refractivity contribution < 1.29 is 4.79 Å². The van der Waals surface area contributed by atoms with Crippen LogP contribution in [0, 0.1) is 0 Å². The van der Waals surface area contributed by atoms with Crippen molar-refractivity contribution in [1.82, 2.24) is 10.2 Å². The molecule has 0 spiro atoms. The summed E-state index contributed by atoms with van der Waals surface area (Å²) >= 11 is 0. The van der Waals surface area contributed by atoms with Gasteiger partial charge in [-0.2, -0.15) is 0 Å². The lowest BCUT2D eigenvalue weighted by Gasteiger charge is -2.31. The summed E-state index contributed by atoms with van der Waals surface area (Å²) in [6.07, 6.45) is 5.34. The minimum absolute atomic E-state index is 0.246. The quantitative estimate of drug-likeness (QED) is 0.912. The van der Waals surface area contributed by atoms with Crippen LogP contribution in [-0.4, -0.2) is 37.0 Å². The highest BCUT2D eigenvalue weighted by Gasteiger charge is 2.24. The van der Waals surface area contributed by atoms with Crippen LogP contribution in [0.25, 0.3) is 0 Å². The molecule has 108 valence electrons. The Morgan fingerprint density at radius 1 is 1.15 bits per heavy atom. The van der Waals surface area contributed by atoms with Crippen LogP contribution in [0.4, 0.5) is 0 Å².